The molecule has 27 heavy (non-hydrogen) atoms. The number of anilines is 1. The molecule has 0 amide bonds. The summed E-state index contributed by atoms with van der Waals surface area (Å²) in [5.74, 6) is 0.190. The van der Waals surface area contributed by atoms with Gasteiger partial charge >= 0.3 is 5.69 Å². The monoisotopic (exact) mass is 370 g/mol. The Hall–Kier alpha value is -3.21. The minimum absolute atomic E-state index is 0.0714. The topological polar surface area (TPSA) is 92.3 Å². The van der Waals surface area contributed by atoms with Crippen LogP contribution in [-0.2, 0) is 0 Å². The van der Waals surface area contributed by atoms with Crippen LogP contribution in [0, 0.1) is 33.2 Å². The van der Waals surface area contributed by atoms with Gasteiger partial charge in [0.15, 0.2) is 0 Å². The summed E-state index contributed by atoms with van der Waals surface area (Å²) in [6.45, 7) is 3.46. The number of nitriles is 1. The van der Waals surface area contributed by atoms with E-state index in [9.17, 15) is 14.5 Å². The second-order valence-electron chi connectivity index (χ2n) is 6.62. The Bertz CT molecular complexity index is 918. The molecule has 0 radical (unpaired) electrons. The molecule has 3 rings (SSSR count). The van der Waals surface area contributed by atoms with Gasteiger partial charge in [-0.3, -0.25) is 10.1 Å². The molecule has 8 heteroatoms. The lowest BCUT2D eigenvalue weighted by Crippen LogP contribution is -2.34. The average molecular weight is 370 g/mol. The molecule has 7 nitrogen and oxygen atoms in total. The maximum atomic E-state index is 14.0. The molecule has 0 aliphatic carbocycles. The zero-order valence-electron chi connectivity index (χ0n) is 15.1. The van der Waals surface area contributed by atoms with Crippen molar-refractivity contribution in [3.05, 3.63) is 45.8 Å². The van der Waals surface area contributed by atoms with Gasteiger partial charge in [-0.25, -0.2) is 9.37 Å². The standard InChI is InChI=1S/C19H19FN4O3/c1-12-5-7-23(8-6-12)19-18(24(25)26)17(27-2)10-16(22-19)13-3-4-14(11-21)15(20)9-13/h3-4,9-10,12H,5-8H2,1-2H3. The van der Waals surface area contributed by atoms with Gasteiger partial charge in [0.1, 0.15) is 11.9 Å². The van der Waals surface area contributed by atoms with E-state index in [-0.39, 0.29) is 22.8 Å². The van der Waals surface area contributed by atoms with Crippen LogP contribution in [-0.4, -0.2) is 30.1 Å². The highest BCUT2D eigenvalue weighted by Gasteiger charge is 2.30. The first-order chi connectivity index (χ1) is 12.9. The van der Waals surface area contributed by atoms with Crippen molar-refractivity contribution < 1.29 is 14.1 Å². The fraction of sp³-hybridized carbons (Fsp3) is 0.368. The summed E-state index contributed by atoms with van der Waals surface area (Å²) < 4.78 is 19.3. The molecule has 1 aromatic carbocycles. The van der Waals surface area contributed by atoms with Crippen LogP contribution < -0.4 is 9.64 Å². The smallest absolute Gasteiger partial charge is 0.353 e. The highest BCUT2D eigenvalue weighted by molar-refractivity contribution is 5.73. The molecule has 0 N–H and O–H groups in total. The first kappa shape index (κ1) is 18.6. The summed E-state index contributed by atoms with van der Waals surface area (Å²) in [6.07, 6.45) is 1.83. The van der Waals surface area contributed by atoms with Crippen LogP contribution in [0.2, 0.25) is 0 Å². The van der Waals surface area contributed by atoms with Crippen molar-refractivity contribution in [3.8, 4) is 23.1 Å². The normalized spacial score (nSPS) is 14.7. The lowest BCUT2D eigenvalue weighted by Gasteiger charge is -2.31. The largest absolute Gasteiger partial charge is 0.490 e. The van der Waals surface area contributed by atoms with Crippen LogP contribution in [0.25, 0.3) is 11.3 Å². The number of halogens is 1. The molecule has 0 saturated carbocycles. The Balaban J connectivity index is 2.13. The zero-order valence-corrected chi connectivity index (χ0v) is 15.1. The SMILES string of the molecule is COc1cc(-c2ccc(C#N)c(F)c2)nc(N2CCC(C)CC2)c1[N+](=O)[O-]. The number of aromatic nitrogens is 1. The predicted molar refractivity (Wildman–Crippen MR) is 98.2 cm³/mol. The van der Waals surface area contributed by atoms with Crippen LogP contribution >= 0.6 is 0 Å². The van der Waals surface area contributed by atoms with E-state index >= 15 is 0 Å². The molecule has 1 saturated heterocycles. The molecular formula is C19H19FN4O3. The Morgan fingerprint density at radius 3 is 2.63 bits per heavy atom. The summed E-state index contributed by atoms with van der Waals surface area (Å²) in [5.41, 5.74) is 0.517. The number of benzene rings is 1. The van der Waals surface area contributed by atoms with E-state index in [0.29, 0.717) is 30.3 Å². The minimum Gasteiger partial charge on any atom is -0.490 e. The highest BCUT2D eigenvalue weighted by Crippen LogP contribution is 2.40. The van der Waals surface area contributed by atoms with Crippen LogP contribution in [0.15, 0.2) is 24.3 Å². The van der Waals surface area contributed by atoms with Crippen molar-refractivity contribution in [3.63, 3.8) is 0 Å². The molecule has 0 spiro atoms. The predicted octanol–water partition coefficient (Wildman–Crippen LogP) is 3.91. The van der Waals surface area contributed by atoms with Crippen molar-refractivity contribution in [1.29, 1.82) is 5.26 Å². The number of pyridine rings is 1. The second kappa shape index (κ2) is 7.58. The number of piperidine rings is 1. The summed E-state index contributed by atoms with van der Waals surface area (Å²) in [5, 5.41) is 20.5. The third-order valence-electron chi connectivity index (χ3n) is 4.81. The van der Waals surface area contributed by atoms with Crippen LogP contribution in [0.4, 0.5) is 15.9 Å². The molecular weight excluding hydrogens is 351 g/mol. The van der Waals surface area contributed by atoms with Gasteiger partial charge in [0.25, 0.3) is 0 Å². The number of nitrogens with zero attached hydrogens (tertiary/aromatic N) is 4. The van der Waals surface area contributed by atoms with Crippen molar-refractivity contribution in [2.75, 3.05) is 25.1 Å². The van der Waals surface area contributed by atoms with E-state index in [2.05, 4.69) is 11.9 Å². The lowest BCUT2D eigenvalue weighted by atomic mass is 9.99. The Morgan fingerprint density at radius 2 is 2.07 bits per heavy atom. The molecule has 0 unspecified atom stereocenters. The molecule has 1 aromatic heterocycles. The first-order valence-corrected chi connectivity index (χ1v) is 8.63. The molecule has 140 valence electrons. The van der Waals surface area contributed by atoms with Crippen LogP contribution in [0.1, 0.15) is 25.3 Å². The van der Waals surface area contributed by atoms with Gasteiger partial charge in [0.2, 0.25) is 11.6 Å². The van der Waals surface area contributed by atoms with E-state index in [1.165, 1.54) is 25.3 Å². The highest BCUT2D eigenvalue weighted by atomic mass is 19.1. The van der Waals surface area contributed by atoms with Crippen molar-refractivity contribution in [1.82, 2.24) is 4.98 Å². The average Bonchev–Trinajstić information content (AvgIpc) is 2.67. The van der Waals surface area contributed by atoms with E-state index in [4.69, 9.17) is 10.00 Å². The number of hydrogen-bond donors (Lipinski definition) is 0. The molecule has 0 bridgehead atoms. The number of nitro groups is 1. The second-order valence-corrected chi connectivity index (χ2v) is 6.62. The number of methoxy groups -OCH3 is 1. The molecule has 1 aliphatic rings. The molecule has 1 aliphatic heterocycles. The summed E-state index contributed by atoms with van der Waals surface area (Å²) in [7, 11) is 1.35. The third-order valence-corrected chi connectivity index (χ3v) is 4.81. The van der Waals surface area contributed by atoms with Crippen LogP contribution in [0.3, 0.4) is 0 Å². The Morgan fingerprint density at radius 1 is 1.37 bits per heavy atom. The van der Waals surface area contributed by atoms with Gasteiger partial charge < -0.3 is 9.64 Å². The van der Waals surface area contributed by atoms with Gasteiger partial charge in [-0.2, -0.15) is 5.26 Å². The number of hydrogen-bond acceptors (Lipinski definition) is 6. The number of ether oxygens (including phenoxy) is 1. The Labute approximate surface area is 156 Å². The fourth-order valence-corrected chi connectivity index (χ4v) is 3.18. The maximum Gasteiger partial charge on any atom is 0.353 e. The van der Waals surface area contributed by atoms with E-state index in [1.54, 1.807) is 12.1 Å². The van der Waals surface area contributed by atoms with Crippen molar-refractivity contribution >= 4 is 11.5 Å². The fourth-order valence-electron chi connectivity index (χ4n) is 3.18. The van der Waals surface area contributed by atoms with Gasteiger partial charge in [-0.05, 0) is 30.9 Å². The quantitative estimate of drug-likeness (QED) is 0.598. The minimum atomic E-state index is -0.664. The maximum absolute atomic E-state index is 14.0. The molecule has 1 fully saturated rings. The zero-order chi connectivity index (χ0) is 19.6. The number of rotatable bonds is 4. The van der Waals surface area contributed by atoms with Gasteiger partial charge in [0.05, 0.1) is 23.3 Å². The lowest BCUT2D eigenvalue weighted by molar-refractivity contribution is -0.385. The van der Waals surface area contributed by atoms with Crippen LogP contribution in [0.5, 0.6) is 5.75 Å². The van der Waals surface area contributed by atoms with Gasteiger partial charge in [-0.1, -0.05) is 13.0 Å². The summed E-state index contributed by atoms with van der Waals surface area (Å²) in [4.78, 5) is 17.5. The van der Waals surface area contributed by atoms with E-state index in [1.807, 2.05) is 4.90 Å². The first-order valence-electron chi connectivity index (χ1n) is 8.63. The Kier molecular flexibility index (Phi) is 5.21. The van der Waals surface area contributed by atoms with Gasteiger partial charge in [0, 0.05) is 24.7 Å². The van der Waals surface area contributed by atoms with Crippen molar-refractivity contribution in [2.24, 2.45) is 5.92 Å². The molecule has 2 aromatic rings. The van der Waals surface area contributed by atoms with Crippen molar-refractivity contribution in [2.45, 2.75) is 19.8 Å². The summed E-state index contributed by atoms with van der Waals surface area (Å²) >= 11 is 0. The third kappa shape index (κ3) is 3.67. The van der Waals surface area contributed by atoms with E-state index < -0.39 is 10.7 Å². The molecule has 0 atom stereocenters. The molecule has 2 heterocycles. The van der Waals surface area contributed by atoms with Gasteiger partial charge in [-0.15, -0.1) is 0 Å². The summed E-state index contributed by atoms with van der Waals surface area (Å²) in [6, 6.07) is 7.33. The van der Waals surface area contributed by atoms with E-state index in [0.717, 1.165) is 12.8 Å².